The lowest BCUT2D eigenvalue weighted by Crippen LogP contribution is -2.03. The third-order valence-corrected chi connectivity index (χ3v) is 4.89. The number of hydrogen-bond acceptors (Lipinski definition) is 1. The van der Waals surface area contributed by atoms with Crippen LogP contribution in [0.2, 0.25) is 0 Å². The predicted molar refractivity (Wildman–Crippen MR) is 78.6 cm³/mol. The summed E-state index contributed by atoms with van der Waals surface area (Å²) in [6.07, 6.45) is 8.33. The molecule has 1 fully saturated rings. The molecule has 1 saturated carbocycles. The standard InChI is InChI=1S/C16H20ClNO/c17-14(7-5-11-3-1-2-4-11)12-6-8-15-13(9-12)10-16(19)18-15/h6,8-9,11,14H,1-5,7,10H2,(H,18,19). The second kappa shape index (κ2) is 5.54. The number of carbonyl (C=O) groups excluding carboxylic acids is 1. The highest BCUT2D eigenvalue weighted by Gasteiger charge is 2.21. The van der Waals surface area contributed by atoms with Gasteiger partial charge in [0.15, 0.2) is 0 Å². The molecule has 1 aromatic rings. The fourth-order valence-electron chi connectivity index (χ4n) is 3.29. The number of halogens is 1. The van der Waals surface area contributed by atoms with Crippen LogP contribution in [-0.4, -0.2) is 5.91 Å². The third-order valence-electron chi connectivity index (χ3n) is 4.42. The minimum atomic E-state index is 0.0848. The molecule has 1 aromatic carbocycles. The van der Waals surface area contributed by atoms with Crippen molar-refractivity contribution >= 4 is 23.2 Å². The average Bonchev–Trinajstić information content (AvgIpc) is 3.02. The molecular weight excluding hydrogens is 258 g/mol. The molecule has 1 heterocycles. The molecule has 0 radical (unpaired) electrons. The molecule has 0 saturated heterocycles. The lowest BCUT2D eigenvalue weighted by molar-refractivity contribution is -0.115. The predicted octanol–water partition coefficient (Wildman–Crippen LogP) is 4.43. The molecule has 1 aliphatic carbocycles. The Morgan fingerprint density at radius 3 is 2.89 bits per heavy atom. The Morgan fingerprint density at radius 1 is 1.32 bits per heavy atom. The van der Waals surface area contributed by atoms with Gasteiger partial charge in [-0.05, 0) is 36.0 Å². The summed E-state index contributed by atoms with van der Waals surface area (Å²) in [5, 5.41) is 2.94. The maximum absolute atomic E-state index is 11.3. The van der Waals surface area contributed by atoms with Crippen molar-refractivity contribution in [1.29, 1.82) is 0 Å². The molecule has 1 N–H and O–H groups in total. The van der Waals surface area contributed by atoms with Crippen molar-refractivity contribution in [3.05, 3.63) is 29.3 Å². The van der Waals surface area contributed by atoms with Crippen LogP contribution < -0.4 is 5.32 Å². The maximum Gasteiger partial charge on any atom is 0.228 e. The molecule has 1 unspecified atom stereocenters. The zero-order valence-electron chi connectivity index (χ0n) is 11.1. The molecule has 0 aromatic heterocycles. The Balaban J connectivity index is 1.62. The van der Waals surface area contributed by atoms with Gasteiger partial charge in [-0.2, -0.15) is 0 Å². The number of alkyl halides is 1. The minimum Gasteiger partial charge on any atom is -0.326 e. The number of benzene rings is 1. The van der Waals surface area contributed by atoms with Gasteiger partial charge in [0.1, 0.15) is 0 Å². The first-order valence-corrected chi connectivity index (χ1v) is 7.73. The van der Waals surface area contributed by atoms with Gasteiger partial charge in [-0.15, -0.1) is 11.6 Å². The summed E-state index contributed by atoms with van der Waals surface area (Å²) in [7, 11) is 0. The molecule has 1 atom stereocenters. The van der Waals surface area contributed by atoms with E-state index in [1.54, 1.807) is 0 Å². The van der Waals surface area contributed by atoms with Crippen LogP contribution in [0.5, 0.6) is 0 Å². The quantitative estimate of drug-likeness (QED) is 0.811. The van der Waals surface area contributed by atoms with Crippen LogP contribution in [0.15, 0.2) is 18.2 Å². The van der Waals surface area contributed by atoms with Gasteiger partial charge in [0.2, 0.25) is 5.91 Å². The summed E-state index contributed by atoms with van der Waals surface area (Å²) in [5.74, 6) is 0.975. The first-order chi connectivity index (χ1) is 9.22. The summed E-state index contributed by atoms with van der Waals surface area (Å²) >= 11 is 6.52. The van der Waals surface area contributed by atoms with Gasteiger partial charge in [-0.1, -0.05) is 37.8 Å². The van der Waals surface area contributed by atoms with Crippen LogP contribution in [-0.2, 0) is 11.2 Å². The third kappa shape index (κ3) is 2.94. The van der Waals surface area contributed by atoms with E-state index in [1.807, 2.05) is 6.07 Å². The molecular formula is C16H20ClNO. The normalized spacial score (nSPS) is 20.4. The second-order valence-electron chi connectivity index (χ2n) is 5.84. The van der Waals surface area contributed by atoms with Crippen molar-refractivity contribution in [3.63, 3.8) is 0 Å². The average molecular weight is 278 g/mol. The van der Waals surface area contributed by atoms with E-state index in [9.17, 15) is 4.79 Å². The van der Waals surface area contributed by atoms with Crippen molar-refractivity contribution in [1.82, 2.24) is 0 Å². The Kier molecular flexibility index (Phi) is 3.79. The molecule has 19 heavy (non-hydrogen) atoms. The van der Waals surface area contributed by atoms with Crippen LogP contribution in [0.1, 0.15) is 55.0 Å². The van der Waals surface area contributed by atoms with E-state index in [2.05, 4.69) is 17.4 Å². The number of rotatable bonds is 4. The first-order valence-electron chi connectivity index (χ1n) is 7.29. The number of fused-ring (bicyclic) bond motifs is 1. The van der Waals surface area contributed by atoms with E-state index in [0.717, 1.165) is 29.2 Å². The van der Waals surface area contributed by atoms with Crippen LogP contribution in [0.25, 0.3) is 0 Å². The fraction of sp³-hybridized carbons (Fsp3) is 0.562. The number of amides is 1. The molecule has 1 amide bonds. The maximum atomic E-state index is 11.3. The van der Waals surface area contributed by atoms with E-state index in [0.29, 0.717) is 6.42 Å². The molecule has 0 bridgehead atoms. The number of carbonyl (C=O) groups is 1. The monoisotopic (exact) mass is 277 g/mol. The number of anilines is 1. The molecule has 2 nitrogen and oxygen atoms in total. The van der Waals surface area contributed by atoms with Crippen molar-refractivity contribution < 1.29 is 4.79 Å². The molecule has 1 aliphatic heterocycles. The summed E-state index contributed by atoms with van der Waals surface area (Å²) in [5.41, 5.74) is 3.21. The molecule has 3 rings (SSSR count). The van der Waals surface area contributed by atoms with E-state index in [-0.39, 0.29) is 11.3 Å². The highest BCUT2D eigenvalue weighted by atomic mass is 35.5. The van der Waals surface area contributed by atoms with Gasteiger partial charge in [-0.3, -0.25) is 4.79 Å². The lowest BCUT2D eigenvalue weighted by atomic mass is 9.97. The molecule has 102 valence electrons. The van der Waals surface area contributed by atoms with Crippen molar-refractivity contribution in [3.8, 4) is 0 Å². The van der Waals surface area contributed by atoms with Crippen LogP contribution >= 0.6 is 11.6 Å². The van der Waals surface area contributed by atoms with Gasteiger partial charge in [0.25, 0.3) is 0 Å². The minimum absolute atomic E-state index is 0.0848. The van der Waals surface area contributed by atoms with Gasteiger partial charge in [0.05, 0.1) is 11.8 Å². The fourth-order valence-corrected chi connectivity index (χ4v) is 3.55. The Morgan fingerprint density at radius 2 is 2.11 bits per heavy atom. The second-order valence-corrected chi connectivity index (χ2v) is 6.36. The Bertz CT molecular complexity index is 480. The summed E-state index contributed by atoms with van der Waals surface area (Å²) in [6, 6.07) is 6.14. The summed E-state index contributed by atoms with van der Waals surface area (Å²) in [4.78, 5) is 11.3. The van der Waals surface area contributed by atoms with Crippen molar-refractivity contribution in [2.45, 2.75) is 50.3 Å². The SMILES string of the molecule is O=C1Cc2cc(C(Cl)CCC3CCCC3)ccc2N1. The number of nitrogens with one attached hydrogen (secondary N) is 1. The van der Waals surface area contributed by atoms with Crippen LogP contribution in [0.4, 0.5) is 5.69 Å². The lowest BCUT2D eigenvalue weighted by Gasteiger charge is -2.14. The highest BCUT2D eigenvalue weighted by molar-refractivity contribution is 6.20. The van der Waals surface area contributed by atoms with E-state index in [4.69, 9.17) is 11.6 Å². The summed E-state index contributed by atoms with van der Waals surface area (Å²) in [6.45, 7) is 0. The van der Waals surface area contributed by atoms with Crippen LogP contribution in [0.3, 0.4) is 0 Å². The largest absolute Gasteiger partial charge is 0.326 e. The van der Waals surface area contributed by atoms with E-state index < -0.39 is 0 Å². The van der Waals surface area contributed by atoms with E-state index in [1.165, 1.54) is 32.1 Å². The molecule has 0 spiro atoms. The Labute approximate surface area is 119 Å². The van der Waals surface area contributed by atoms with Crippen molar-refractivity contribution in [2.24, 2.45) is 5.92 Å². The smallest absolute Gasteiger partial charge is 0.228 e. The topological polar surface area (TPSA) is 29.1 Å². The van der Waals surface area contributed by atoms with Gasteiger partial charge in [-0.25, -0.2) is 0 Å². The van der Waals surface area contributed by atoms with Gasteiger partial charge < -0.3 is 5.32 Å². The molecule has 2 aliphatic rings. The van der Waals surface area contributed by atoms with E-state index >= 15 is 0 Å². The van der Waals surface area contributed by atoms with Crippen LogP contribution in [0, 0.1) is 5.92 Å². The van der Waals surface area contributed by atoms with Gasteiger partial charge in [0, 0.05) is 5.69 Å². The van der Waals surface area contributed by atoms with Crippen molar-refractivity contribution in [2.75, 3.05) is 5.32 Å². The highest BCUT2D eigenvalue weighted by Crippen LogP contribution is 2.35. The van der Waals surface area contributed by atoms with Gasteiger partial charge >= 0.3 is 0 Å². The first kappa shape index (κ1) is 13.0. The molecule has 3 heteroatoms. The zero-order chi connectivity index (χ0) is 13.2. The Hall–Kier alpha value is -1.02. The summed E-state index contributed by atoms with van der Waals surface area (Å²) < 4.78 is 0. The number of hydrogen-bond donors (Lipinski definition) is 1. The zero-order valence-corrected chi connectivity index (χ0v) is 11.9.